The lowest BCUT2D eigenvalue weighted by atomic mass is 9.94. The number of anilines is 1. The van der Waals surface area contributed by atoms with E-state index in [1.807, 2.05) is 24.1 Å². The van der Waals surface area contributed by atoms with Crippen LogP contribution < -0.4 is 15.4 Å². The highest BCUT2D eigenvalue weighted by Crippen LogP contribution is 2.30. The number of hydrogen-bond donors (Lipinski definition) is 4. The van der Waals surface area contributed by atoms with E-state index in [4.69, 9.17) is 4.74 Å². The fraction of sp³-hybridized carbons (Fsp3) is 0.500. The number of nitrogens with zero attached hydrogens (tertiary/aromatic N) is 5. The Hall–Kier alpha value is -4.03. The maximum atomic E-state index is 12.8. The van der Waals surface area contributed by atoms with Crippen molar-refractivity contribution in [3.8, 4) is 5.75 Å². The third-order valence-electron chi connectivity index (χ3n) is 8.20. The fourth-order valence-electron chi connectivity index (χ4n) is 5.65. The van der Waals surface area contributed by atoms with Crippen LogP contribution in [0.25, 0.3) is 0 Å². The third-order valence-corrected chi connectivity index (χ3v) is 8.20. The number of fused-ring (bicyclic) bond motifs is 1. The first-order chi connectivity index (χ1) is 20.3. The molecule has 4 heterocycles. The van der Waals surface area contributed by atoms with Crippen LogP contribution in [-0.2, 0) is 24.4 Å². The highest BCUT2D eigenvalue weighted by atomic mass is 16.5. The van der Waals surface area contributed by atoms with E-state index < -0.39 is 6.10 Å². The van der Waals surface area contributed by atoms with Gasteiger partial charge in [0.25, 0.3) is 5.91 Å². The number of aryl methyl sites for hydroxylation is 1. The van der Waals surface area contributed by atoms with E-state index in [1.54, 1.807) is 13.0 Å². The van der Waals surface area contributed by atoms with Crippen molar-refractivity contribution in [2.75, 3.05) is 38.0 Å². The lowest BCUT2D eigenvalue weighted by Crippen LogP contribution is -2.42. The molecule has 0 aliphatic carbocycles. The zero-order valence-corrected chi connectivity index (χ0v) is 24.5. The van der Waals surface area contributed by atoms with Gasteiger partial charge >= 0.3 is 0 Å². The maximum absolute atomic E-state index is 12.8. The lowest BCUT2D eigenvalue weighted by molar-refractivity contribution is -0.129. The van der Waals surface area contributed by atoms with Gasteiger partial charge in [-0.3, -0.25) is 19.6 Å². The molecule has 0 spiro atoms. The minimum Gasteiger partial charge on any atom is -0.488 e. The monoisotopic (exact) mass is 576 g/mol. The molecule has 12 heteroatoms. The number of aromatic amines is 1. The largest absolute Gasteiger partial charge is 0.488 e. The molecule has 0 bridgehead atoms. The molecule has 0 saturated carbocycles. The molecule has 3 aromatic rings. The average Bonchev–Trinajstić information content (AvgIpc) is 3.40. The molecule has 2 aliphatic heterocycles. The molecule has 5 rings (SSSR count). The first-order valence-corrected chi connectivity index (χ1v) is 14.5. The zero-order valence-electron chi connectivity index (χ0n) is 24.5. The zero-order chi connectivity index (χ0) is 29.6. The number of carbonyl (C=O) groups excluding carboxylic acids is 2. The predicted octanol–water partition coefficient (Wildman–Crippen LogP) is 1.97. The van der Waals surface area contributed by atoms with E-state index in [1.165, 1.54) is 17.5 Å². The molecular formula is C30H40N8O4. The van der Waals surface area contributed by atoms with Crippen molar-refractivity contribution in [2.24, 2.45) is 0 Å². The molecule has 1 fully saturated rings. The predicted molar refractivity (Wildman–Crippen MR) is 157 cm³/mol. The van der Waals surface area contributed by atoms with Crippen LogP contribution in [-0.4, -0.2) is 91.8 Å². The van der Waals surface area contributed by atoms with Crippen LogP contribution in [0.1, 0.15) is 58.2 Å². The van der Waals surface area contributed by atoms with E-state index in [2.05, 4.69) is 48.7 Å². The van der Waals surface area contributed by atoms with Crippen molar-refractivity contribution in [3.05, 3.63) is 64.4 Å². The van der Waals surface area contributed by atoms with E-state index in [9.17, 15) is 14.7 Å². The summed E-state index contributed by atoms with van der Waals surface area (Å²) in [7, 11) is 0. The number of hydrogen-bond acceptors (Lipinski definition) is 9. The Morgan fingerprint density at radius 1 is 1.19 bits per heavy atom. The quantitative estimate of drug-likeness (QED) is 0.284. The van der Waals surface area contributed by atoms with Gasteiger partial charge in [-0.2, -0.15) is 5.10 Å². The Morgan fingerprint density at radius 3 is 2.74 bits per heavy atom. The minimum absolute atomic E-state index is 0.0914. The van der Waals surface area contributed by atoms with Gasteiger partial charge in [0.2, 0.25) is 5.91 Å². The molecule has 2 amide bonds. The minimum atomic E-state index is -0.719. The number of β-amino-alcohol motifs (C(OH)–C–C–N with tert-alkyl or cyclic N) is 1. The Kier molecular flexibility index (Phi) is 9.33. The molecule has 1 atom stereocenters. The van der Waals surface area contributed by atoms with E-state index in [0.29, 0.717) is 32.1 Å². The fourth-order valence-corrected chi connectivity index (χ4v) is 5.65. The molecule has 4 N–H and O–H groups in total. The van der Waals surface area contributed by atoms with Gasteiger partial charge in [-0.1, -0.05) is 6.07 Å². The number of aliphatic hydroxyl groups excluding tert-OH is 1. The number of likely N-dealkylation sites (tertiary alicyclic amines) is 1. The van der Waals surface area contributed by atoms with Gasteiger partial charge in [0.05, 0.1) is 11.8 Å². The van der Waals surface area contributed by atoms with Crippen LogP contribution in [0.4, 0.5) is 5.82 Å². The van der Waals surface area contributed by atoms with E-state index in [-0.39, 0.29) is 30.1 Å². The van der Waals surface area contributed by atoms with Gasteiger partial charge in [0.15, 0.2) is 0 Å². The first kappa shape index (κ1) is 29.5. The highest BCUT2D eigenvalue weighted by Gasteiger charge is 2.23. The third kappa shape index (κ3) is 7.24. The number of aromatic nitrogens is 4. The Morgan fingerprint density at radius 2 is 2.00 bits per heavy atom. The number of amides is 2. The topological polar surface area (TPSA) is 149 Å². The van der Waals surface area contributed by atoms with Gasteiger partial charge in [0, 0.05) is 70.1 Å². The highest BCUT2D eigenvalue weighted by molar-refractivity contribution is 5.92. The van der Waals surface area contributed by atoms with Crippen LogP contribution in [0, 0.1) is 13.8 Å². The summed E-state index contributed by atoms with van der Waals surface area (Å²) < 4.78 is 6.09. The summed E-state index contributed by atoms with van der Waals surface area (Å²) >= 11 is 0. The molecule has 0 radical (unpaired) electrons. The molecule has 1 saturated heterocycles. The van der Waals surface area contributed by atoms with Gasteiger partial charge < -0.3 is 25.4 Å². The number of aliphatic hydroxyl groups is 1. The van der Waals surface area contributed by atoms with Crippen molar-refractivity contribution in [2.45, 2.75) is 65.3 Å². The summed E-state index contributed by atoms with van der Waals surface area (Å²) in [6, 6.07) is 5.92. The number of nitrogens with one attached hydrogen (secondary N) is 3. The Balaban J connectivity index is 1.08. The normalized spacial score (nSPS) is 16.5. The van der Waals surface area contributed by atoms with Crippen molar-refractivity contribution in [1.82, 2.24) is 35.3 Å². The van der Waals surface area contributed by atoms with Gasteiger partial charge in [0.1, 0.15) is 30.2 Å². The van der Waals surface area contributed by atoms with Crippen LogP contribution in [0.2, 0.25) is 0 Å². The van der Waals surface area contributed by atoms with Crippen molar-refractivity contribution < 1.29 is 19.4 Å². The second-order valence-electron chi connectivity index (χ2n) is 11.2. The molecule has 42 heavy (non-hydrogen) atoms. The summed E-state index contributed by atoms with van der Waals surface area (Å²) in [6.45, 7) is 9.64. The van der Waals surface area contributed by atoms with Crippen LogP contribution in [0.5, 0.6) is 5.75 Å². The lowest BCUT2D eigenvalue weighted by Gasteiger charge is -2.32. The summed E-state index contributed by atoms with van der Waals surface area (Å²) in [5, 5.41) is 23.9. The molecule has 1 aromatic carbocycles. The number of H-pyrrole nitrogens is 1. The summed E-state index contributed by atoms with van der Waals surface area (Å²) in [5.41, 5.74) is 5.90. The first-order valence-electron chi connectivity index (χ1n) is 14.5. The molecule has 2 aromatic heterocycles. The number of ether oxygens (including phenoxy) is 1. The van der Waals surface area contributed by atoms with Crippen molar-refractivity contribution in [1.29, 1.82) is 0 Å². The summed E-state index contributed by atoms with van der Waals surface area (Å²) in [5.74, 6) is 1.19. The van der Waals surface area contributed by atoms with Gasteiger partial charge in [-0.25, -0.2) is 9.97 Å². The van der Waals surface area contributed by atoms with E-state index >= 15 is 0 Å². The van der Waals surface area contributed by atoms with Crippen LogP contribution in [0.3, 0.4) is 0 Å². The summed E-state index contributed by atoms with van der Waals surface area (Å²) in [4.78, 5) is 36.7. The second-order valence-corrected chi connectivity index (χ2v) is 11.2. The number of carbonyl (C=O) groups is 2. The van der Waals surface area contributed by atoms with Crippen LogP contribution in [0.15, 0.2) is 30.7 Å². The Bertz CT molecular complexity index is 1400. The molecular weight excluding hydrogens is 536 g/mol. The van der Waals surface area contributed by atoms with E-state index in [0.717, 1.165) is 54.9 Å². The SMILES string of the molecule is CC(=O)N1CCC(Nc2cc(C(=O)NC[C@H](O)CN3CCc4c(ccc(OCc5c[nH]nc5C)c4C)C3)ncn2)CC1. The molecule has 12 nitrogen and oxygen atoms in total. The van der Waals surface area contributed by atoms with Crippen molar-refractivity contribution in [3.63, 3.8) is 0 Å². The standard InChI is InChI=1S/C30H40N8O4/c1-19-26-8-9-37(15-22(26)4-5-28(19)42-17-23-13-34-36-20(23)2)16-25(40)14-31-30(41)27-12-29(33-18-32-27)35-24-6-10-38(11-7-24)21(3)39/h4-5,12-13,18,24-25,40H,6-11,14-17H2,1-3H3,(H,31,41)(H,34,36)(H,32,33,35)/t25-/m0/s1. The number of benzene rings is 1. The molecule has 0 unspecified atom stereocenters. The maximum Gasteiger partial charge on any atom is 0.270 e. The summed E-state index contributed by atoms with van der Waals surface area (Å²) in [6.07, 6.45) is 5.01. The Labute approximate surface area is 245 Å². The van der Waals surface area contributed by atoms with Crippen molar-refractivity contribution >= 4 is 17.6 Å². The molecule has 2 aliphatic rings. The average molecular weight is 577 g/mol. The number of piperidine rings is 1. The number of rotatable bonds is 10. The molecule has 224 valence electrons. The second kappa shape index (κ2) is 13.3. The van der Waals surface area contributed by atoms with Gasteiger partial charge in [-0.15, -0.1) is 0 Å². The van der Waals surface area contributed by atoms with Gasteiger partial charge in [-0.05, 0) is 55.9 Å². The van der Waals surface area contributed by atoms with Crippen LogP contribution >= 0.6 is 0 Å². The smallest absolute Gasteiger partial charge is 0.270 e.